The van der Waals surface area contributed by atoms with E-state index in [2.05, 4.69) is 15.4 Å². The highest BCUT2D eigenvalue weighted by Gasteiger charge is 2.27. The first kappa shape index (κ1) is 19.5. The average Bonchev–Trinajstić information content (AvgIpc) is 3.16. The first-order valence-electron chi connectivity index (χ1n) is 8.25. The number of benzene rings is 1. The summed E-state index contributed by atoms with van der Waals surface area (Å²) >= 11 is 6.85. The molecule has 0 atom stereocenters. The zero-order chi connectivity index (χ0) is 19.6. The number of esters is 1. The van der Waals surface area contributed by atoms with E-state index in [-0.39, 0.29) is 11.7 Å². The summed E-state index contributed by atoms with van der Waals surface area (Å²) in [7, 11) is 1.36. The second-order valence-electron chi connectivity index (χ2n) is 5.99. The zero-order valence-corrected chi connectivity index (χ0v) is 16.4. The van der Waals surface area contributed by atoms with Crippen molar-refractivity contribution in [3.05, 3.63) is 39.8 Å². The van der Waals surface area contributed by atoms with Gasteiger partial charge in [-0.2, -0.15) is 8.78 Å². The Morgan fingerprint density at radius 3 is 2.74 bits per heavy atom. The maximum absolute atomic E-state index is 12.3. The van der Waals surface area contributed by atoms with E-state index in [1.54, 1.807) is 13.0 Å². The second kappa shape index (κ2) is 8.18. The molecule has 0 aliphatic heterocycles. The van der Waals surface area contributed by atoms with Crippen molar-refractivity contribution in [3.8, 4) is 5.75 Å². The predicted octanol–water partition coefficient (Wildman–Crippen LogP) is 4.74. The molecule has 5 nitrogen and oxygen atoms in total. The van der Waals surface area contributed by atoms with Gasteiger partial charge in [-0.3, -0.25) is 0 Å². The summed E-state index contributed by atoms with van der Waals surface area (Å²) in [5, 5.41) is 7.03. The van der Waals surface area contributed by atoms with Crippen molar-refractivity contribution in [2.45, 2.75) is 32.8 Å². The number of halogens is 2. The molecule has 0 fully saturated rings. The van der Waals surface area contributed by atoms with Gasteiger partial charge >= 0.3 is 12.6 Å². The van der Waals surface area contributed by atoms with Crippen LogP contribution < -0.4 is 15.4 Å². The second-order valence-corrected chi connectivity index (χ2v) is 7.50. The van der Waals surface area contributed by atoms with E-state index in [1.807, 2.05) is 0 Å². The zero-order valence-electron chi connectivity index (χ0n) is 14.7. The quantitative estimate of drug-likeness (QED) is 0.546. The van der Waals surface area contributed by atoms with Crippen LogP contribution in [0.25, 0.3) is 0 Å². The average molecular weight is 412 g/mol. The number of anilines is 2. The van der Waals surface area contributed by atoms with Crippen molar-refractivity contribution in [1.29, 1.82) is 0 Å². The molecule has 9 heteroatoms. The number of thiophene rings is 1. The molecule has 0 unspecified atom stereocenters. The molecule has 27 heavy (non-hydrogen) atoms. The maximum atomic E-state index is 12.3. The molecule has 1 aromatic heterocycles. The van der Waals surface area contributed by atoms with Crippen molar-refractivity contribution in [2.75, 3.05) is 17.7 Å². The molecule has 0 spiro atoms. The Hall–Kier alpha value is -2.26. The highest BCUT2D eigenvalue weighted by molar-refractivity contribution is 7.80. The fraction of sp³-hybridized carbons (Fsp3) is 0.333. The Morgan fingerprint density at radius 1 is 1.30 bits per heavy atom. The third kappa shape index (κ3) is 4.36. The minimum atomic E-state index is -2.87. The molecule has 1 aromatic carbocycles. The fourth-order valence-corrected chi connectivity index (χ4v) is 4.58. The Bertz CT molecular complexity index is 884. The normalized spacial score (nSPS) is 12.6. The SMILES string of the molecule is COC(=O)c1c(NC(=S)Nc2ccc(OC(F)F)cc2C)sc2c1CCC2. The number of aryl methyl sites for hydroxylation is 2. The van der Waals surface area contributed by atoms with Gasteiger partial charge in [0.2, 0.25) is 0 Å². The standard InChI is InChI=1S/C18H18F2N2O3S2/c1-9-8-10(25-17(19)20)6-7-12(9)21-18(26)22-15-14(16(23)24-2)11-4-3-5-13(11)27-15/h6-8,17H,3-5H2,1-2H3,(H2,21,22,26). The summed E-state index contributed by atoms with van der Waals surface area (Å²) in [6.45, 7) is -1.12. The third-order valence-electron chi connectivity index (χ3n) is 4.21. The van der Waals surface area contributed by atoms with Crippen LogP contribution in [0.1, 0.15) is 32.8 Å². The van der Waals surface area contributed by atoms with E-state index < -0.39 is 6.61 Å². The topological polar surface area (TPSA) is 59.6 Å². The van der Waals surface area contributed by atoms with Crippen LogP contribution in [0.2, 0.25) is 0 Å². The first-order valence-corrected chi connectivity index (χ1v) is 9.48. The van der Waals surface area contributed by atoms with E-state index in [1.165, 1.54) is 35.5 Å². The number of nitrogens with one attached hydrogen (secondary N) is 2. The number of hydrogen-bond donors (Lipinski definition) is 2. The minimum Gasteiger partial charge on any atom is -0.465 e. The van der Waals surface area contributed by atoms with Crippen LogP contribution in [0.3, 0.4) is 0 Å². The number of methoxy groups -OCH3 is 1. The lowest BCUT2D eigenvalue weighted by molar-refractivity contribution is -0.0498. The lowest BCUT2D eigenvalue weighted by atomic mass is 10.1. The van der Waals surface area contributed by atoms with Gasteiger partial charge in [0.25, 0.3) is 0 Å². The summed E-state index contributed by atoms with van der Waals surface area (Å²) in [6, 6.07) is 4.54. The Morgan fingerprint density at radius 2 is 2.07 bits per heavy atom. The minimum absolute atomic E-state index is 0.0783. The summed E-state index contributed by atoms with van der Waals surface area (Å²) < 4.78 is 33.9. The van der Waals surface area contributed by atoms with Gasteiger partial charge in [-0.15, -0.1) is 11.3 Å². The van der Waals surface area contributed by atoms with Gasteiger partial charge in [-0.05, 0) is 67.7 Å². The first-order chi connectivity index (χ1) is 12.9. The number of ether oxygens (including phenoxy) is 2. The number of hydrogen-bond acceptors (Lipinski definition) is 5. The molecule has 1 heterocycles. The molecule has 1 aliphatic rings. The third-order valence-corrected chi connectivity index (χ3v) is 5.62. The van der Waals surface area contributed by atoms with Gasteiger partial charge < -0.3 is 20.1 Å². The molecule has 0 radical (unpaired) electrons. The van der Waals surface area contributed by atoms with Crippen LogP contribution in [0.4, 0.5) is 19.5 Å². The Kier molecular flexibility index (Phi) is 5.91. The number of alkyl halides is 2. The van der Waals surface area contributed by atoms with Crippen LogP contribution in [-0.4, -0.2) is 24.8 Å². The Balaban J connectivity index is 1.74. The smallest absolute Gasteiger partial charge is 0.387 e. The highest BCUT2D eigenvalue weighted by atomic mass is 32.1. The summed E-state index contributed by atoms with van der Waals surface area (Å²) in [5.41, 5.74) is 2.91. The molecular weight excluding hydrogens is 394 g/mol. The van der Waals surface area contributed by atoms with Crippen molar-refractivity contribution in [3.63, 3.8) is 0 Å². The number of rotatable bonds is 5. The molecule has 1 aliphatic carbocycles. The van der Waals surface area contributed by atoms with Crippen molar-refractivity contribution < 1.29 is 23.0 Å². The van der Waals surface area contributed by atoms with Crippen LogP contribution in [0, 0.1) is 6.92 Å². The highest BCUT2D eigenvalue weighted by Crippen LogP contribution is 2.39. The number of fused-ring (bicyclic) bond motifs is 1. The van der Waals surface area contributed by atoms with Crippen LogP contribution in [0.15, 0.2) is 18.2 Å². The maximum Gasteiger partial charge on any atom is 0.387 e. The van der Waals surface area contributed by atoms with E-state index in [9.17, 15) is 13.6 Å². The summed E-state index contributed by atoms with van der Waals surface area (Å²) in [6.07, 6.45) is 2.82. The van der Waals surface area contributed by atoms with Crippen LogP contribution >= 0.6 is 23.6 Å². The molecule has 2 aromatic rings. The predicted molar refractivity (Wildman–Crippen MR) is 105 cm³/mol. The largest absolute Gasteiger partial charge is 0.465 e. The van der Waals surface area contributed by atoms with Gasteiger partial charge in [0.05, 0.1) is 12.7 Å². The molecule has 3 rings (SSSR count). The molecule has 2 N–H and O–H groups in total. The molecule has 0 saturated carbocycles. The van der Waals surface area contributed by atoms with E-state index in [4.69, 9.17) is 17.0 Å². The Labute approximate surface area is 164 Å². The molecule has 0 bridgehead atoms. The lowest BCUT2D eigenvalue weighted by Crippen LogP contribution is -2.20. The fourth-order valence-electron chi connectivity index (χ4n) is 3.02. The van der Waals surface area contributed by atoms with Crippen molar-refractivity contribution in [2.24, 2.45) is 0 Å². The van der Waals surface area contributed by atoms with E-state index in [0.717, 1.165) is 24.8 Å². The monoisotopic (exact) mass is 412 g/mol. The van der Waals surface area contributed by atoms with E-state index in [0.29, 0.717) is 26.9 Å². The molecular formula is C18H18F2N2O3S2. The molecule has 0 amide bonds. The van der Waals surface area contributed by atoms with Crippen molar-refractivity contribution in [1.82, 2.24) is 0 Å². The van der Waals surface area contributed by atoms with Gasteiger partial charge in [0.1, 0.15) is 10.8 Å². The van der Waals surface area contributed by atoms with Gasteiger partial charge in [0.15, 0.2) is 5.11 Å². The van der Waals surface area contributed by atoms with Crippen molar-refractivity contribution >= 4 is 45.3 Å². The summed E-state index contributed by atoms with van der Waals surface area (Å²) in [4.78, 5) is 13.4. The number of thiocarbonyl (C=S) groups is 1. The van der Waals surface area contributed by atoms with Gasteiger partial charge in [0, 0.05) is 10.6 Å². The molecule has 0 saturated heterocycles. The van der Waals surface area contributed by atoms with Crippen LogP contribution in [-0.2, 0) is 17.6 Å². The van der Waals surface area contributed by atoms with Gasteiger partial charge in [-0.1, -0.05) is 0 Å². The van der Waals surface area contributed by atoms with Crippen LogP contribution in [0.5, 0.6) is 5.75 Å². The van der Waals surface area contributed by atoms with E-state index >= 15 is 0 Å². The van der Waals surface area contributed by atoms with Gasteiger partial charge in [-0.25, -0.2) is 4.79 Å². The number of carbonyl (C=O) groups is 1. The number of carbonyl (C=O) groups excluding carboxylic acids is 1. The summed E-state index contributed by atoms with van der Waals surface area (Å²) in [5.74, 6) is -0.307. The molecule has 144 valence electrons. The lowest BCUT2D eigenvalue weighted by Gasteiger charge is -2.14.